The number of aromatic amines is 1. The molecule has 0 unspecified atom stereocenters. The van der Waals surface area contributed by atoms with Crippen molar-refractivity contribution in [3.05, 3.63) is 23.0 Å². The fourth-order valence-electron chi connectivity index (χ4n) is 3.60. The van der Waals surface area contributed by atoms with Crippen LogP contribution in [0.1, 0.15) is 12.6 Å². The second-order valence-corrected chi connectivity index (χ2v) is 8.79. The molecule has 6 N–H and O–H groups in total. The van der Waals surface area contributed by atoms with Gasteiger partial charge in [0.25, 0.3) is 0 Å². The lowest BCUT2D eigenvalue weighted by molar-refractivity contribution is -0.142. The molecule has 0 atom stereocenters. The van der Waals surface area contributed by atoms with Crippen LogP contribution in [0.5, 0.6) is 0 Å². The van der Waals surface area contributed by atoms with Gasteiger partial charge in [-0.05, 0) is 24.2 Å². The first kappa shape index (κ1) is 20.5. The van der Waals surface area contributed by atoms with Gasteiger partial charge in [-0.2, -0.15) is 4.98 Å². The van der Waals surface area contributed by atoms with Gasteiger partial charge in [-0.1, -0.05) is 18.5 Å². The van der Waals surface area contributed by atoms with Crippen molar-refractivity contribution in [1.29, 1.82) is 0 Å². The molecule has 13 heteroatoms. The molecule has 1 aliphatic heterocycles. The largest absolute Gasteiger partial charge is 0.481 e. The van der Waals surface area contributed by atoms with Gasteiger partial charge in [-0.15, -0.1) is 0 Å². The number of halogens is 1. The molecule has 0 bridgehead atoms. The number of rotatable bonds is 5. The molecule has 1 saturated heterocycles. The van der Waals surface area contributed by atoms with E-state index >= 15 is 0 Å². The van der Waals surface area contributed by atoms with Crippen molar-refractivity contribution in [1.82, 2.24) is 29.9 Å². The smallest absolute Gasteiger partial charge is 0.310 e. The Labute approximate surface area is 190 Å². The number of nitrogens with two attached hydrogens (primary N) is 2. The first-order valence-corrected chi connectivity index (χ1v) is 11.0. The van der Waals surface area contributed by atoms with Gasteiger partial charge >= 0.3 is 5.97 Å². The maximum atomic E-state index is 11.3. The van der Waals surface area contributed by atoms with Crippen molar-refractivity contribution in [2.24, 2.45) is 5.92 Å². The number of anilines is 3. The zero-order chi connectivity index (χ0) is 22.6. The second-order valence-electron chi connectivity index (χ2n) is 7.37. The molecule has 5 heterocycles. The highest BCUT2D eigenvalue weighted by Crippen LogP contribution is 2.39. The van der Waals surface area contributed by atoms with E-state index in [-0.39, 0.29) is 11.8 Å². The quantitative estimate of drug-likeness (QED) is 0.314. The Morgan fingerprint density at radius 3 is 2.81 bits per heavy atom. The summed E-state index contributed by atoms with van der Waals surface area (Å²) in [6.07, 6.45) is 2.34. The standard InChI is InChI=1S/C19H18ClN9O2S/c1-2-9-12(20)11-15(24-9)27-19(28-16(11)29-5-7(6-29)17(30)31)32-8-3-10-13(23-4-8)14(21)26-18(22)25-10/h3-4,7H,2,5-6H2,1H3,(H,30,31)(H,24,27,28)(H4,21,22,25,26). The minimum atomic E-state index is -0.821. The molecule has 0 radical (unpaired) electrons. The lowest BCUT2D eigenvalue weighted by Gasteiger charge is -2.38. The molecule has 4 aromatic heterocycles. The Hall–Kier alpha value is -3.38. The minimum Gasteiger partial charge on any atom is -0.481 e. The third-order valence-electron chi connectivity index (χ3n) is 5.27. The second kappa shape index (κ2) is 7.64. The summed E-state index contributed by atoms with van der Waals surface area (Å²) in [6.45, 7) is 2.71. The van der Waals surface area contributed by atoms with Crippen LogP contribution in [0.3, 0.4) is 0 Å². The Balaban J connectivity index is 1.56. The van der Waals surface area contributed by atoms with E-state index in [0.717, 1.165) is 10.6 Å². The van der Waals surface area contributed by atoms with Gasteiger partial charge < -0.3 is 26.5 Å². The van der Waals surface area contributed by atoms with Crippen molar-refractivity contribution in [2.45, 2.75) is 23.4 Å². The molecule has 5 rings (SSSR count). The molecule has 4 aromatic rings. The van der Waals surface area contributed by atoms with Gasteiger partial charge in [0, 0.05) is 29.9 Å². The lowest BCUT2D eigenvalue weighted by atomic mass is 10.0. The average molecular weight is 472 g/mol. The highest BCUT2D eigenvalue weighted by Gasteiger charge is 2.35. The molecular weight excluding hydrogens is 454 g/mol. The van der Waals surface area contributed by atoms with Gasteiger partial charge in [0.15, 0.2) is 11.0 Å². The van der Waals surface area contributed by atoms with Crippen molar-refractivity contribution in [3.8, 4) is 0 Å². The molecule has 0 spiro atoms. The lowest BCUT2D eigenvalue weighted by Crippen LogP contribution is -2.51. The number of carboxylic acids is 1. The average Bonchev–Trinajstić information content (AvgIpc) is 3.01. The number of nitrogens with one attached hydrogen (secondary N) is 1. The summed E-state index contributed by atoms with van der Waals surface area (Å²) in [5, 5.41) is 11.0. The first-order chi connectivity index (χ1) is 15.3. The molecule has 0 aromatic carbocycles. The number of nitrogen functional groups attached to an aromatic ring is 2. The van der Waals surface area contributed by atoms with Crippen LogP contribution in [0, 0.1) is 5.92 Å². The number of hydrogen-bond acceptors (Lipinski definition) is 10. The van der Waals surface area contributed by atoms with E-state index in [1.54, 1.807) is 12.3 Å². The van der Waals surface area contributed by atoms with Crippen LogP contribution >= 0.6 is 23.4 Å². The molecule has 0 amide bonds. The summed E-state index contributed by atoms with van der Waals surface area (Å²) in [5.41, 5.74) is 14.0. The van der Waals surface area contributed by atoms with E-state index in [9.17, 15) is 9.90 Å². The topological polar surface area (TPSA) is 173 Å². The molecule has 164 valence electrons. The van der Waals surface area contributed by atoms with Crippen LogP contribution in [-0.4, -0.2) is 54.1 Å². The summed E-state index contributed by atoms with van der Waals surface area (Å²) >= 11 is 7.88. The minimum absolute atomic E-state index is 0.0674. The Bertz CT molecular complexity index is 1390. The van der Waals surface area contributed by atoms with E-state index in [1.807, 2.05) is 11.8 Å². The highest BCUT2D eigenvalue weighted by atomic mass is 35.5. The number of pyridine rings is 1. The van der Waals surface area contributed by atoms with Crippen molar-refractivity contribution < 1.29 is 9.90 Å². The number of aryl methyl sites for hydroxylation is 1. The van der Waals surface area contributed by atoms with Crippen LogP contribution in [-0.2, 0) is 11.2 Å². The van der Waals surface area contributed by atoms with Crippen molar-refractivity contribution in [2.75, 3.05) is 29.5 Å². The number of carboxylic acid groups (broad SMARTS) is 1. The molecule has 32 heavy (non-hydrogen) atoms. The molecule has 1 fully saturated rings. The molecule has 11 nitrogen and oxygen atoms in total. The number of nitrogens with zero attached hydrogens (tertiary/aromatic N) is 6. The normalized spacial score (nSPS) is 14.2. The van der Waals surface area contributed by atoms with E-state index in [4.69, 9.17) is 28.1 Å². The number of hydrogen-bond donors (Lipinski definition) is 4. The van der Waals surface area contributed by atoms with Crippen LogP contribution in [0.2, 0.25) is 5.02 Å². The Kier molecular flexibility index (Phi) is 4.90. The van der Waals surface area contributed by atoms with Crippen molar-refractivity contribution in [3.63, 3.8) is 0 Å². The summed E-state index contributed by atoms with van der Waals surface area (Å²) < 4.78 is 0. The van der Waals surface area contributed by atoms with Crippen LogP contribution < -0.4 is 16.4 Å². The fourth-order valence-corrected chi connectivity index (χ4v) is 4.71. The molecule has 0 saturated carbocycles. The molecular formula is C19H18ClN9O2S. The third kappa shape index (κ3) is 3.41. The number of aromatic nitrogens is 6. The van der Waals surface area contributed by atoms with Crippen molar-refractivity contribution >= 4 is 69.0 Å². The fraction of sp³-hybridized carbons (Fsp3) is 0.263. The third-order valence-corrected chi connectivity index (χ3v) is 6.51. The van der Waals surface area contributed by atoms with E-state index in [2.05, 4.69) is 24.9 Å². The molecule has 0 aliphatic carbocycles. The summed E-state index contributed by atoms with van der Waals surface area (Å²) in [5.74, 6) is -0.362. The zero-order valence-electron chi connectivity index (χ0n) is 16.8. The maximum absolute atomic E-state index is 11.3. The van der Waals surface area contributed by atoms with Crippen LogP contribution in [0.4, 0.5) is 17.6 Å². The van der Waals surface area contributed by atoms with Gasteiger partial charge in [-0.3, -0.25) is 4.79 Å². The van der Waals surface area contributed by atoms with Gasteiger partial charge in [0.1, 0.15) is 17.0 Å². The summed E-state index contributed by atoms with van der Waals surface area (Å²) in [7, 11) is 0. The summed E-state index contributed by atoms with van der Waals surface area (Å²) in [4.78, 5) is 38.9. The molecule has 1 aliphatic rings. The summed E-state index contributed by atoms with van der Waals surface area (Å²) in [6, 6.07) is 1.79. The SMILES string of the molecule is CCc1[nH]c2nc(Sc3cnc4c(N)nc(N)nc4c3)nc(N3CC(C(=O)O)C3)c2c1Cl. The first-order valence-electron chi connectivity index (χ1n) is 9.76. The number of fused-ring (bicyclic) bond motifs is 2. The van der Waals surface area contributed by atoms with E-state index in [1.165, 1.54) is 11.8 Å². The van der Waals surface area contributed by atoms with Crippen LogP contribution in [0.25, 0.3) is 22.1 Å². The monoisotopic (exact) mass is 471 g/mol. The predicted molar refractivity (Wildman–Crippen MR) is 122 cm³/mol. The number of H-pyrrole nitrogens is 1. The van der Waals surface area contributed by atoms with Crippen LogP contribution in [0.15, 0.2) is 22.3 Å². The Morgan fingerprint density at radius 2 is 2.09 bits per heavy atom. The van der Waals surface area contributed by atoms with Gasteiger partial charge in [0.05, 0.1) is 21.8 Å². The number of aliphatic carboxylic acids is 1. The highest BCUT2D eigenvalue weighted by molar-refractivity contribution is 7.99. The number of carbonyl (C=O) groups is 1. The predicted octanol–water partition coefficient (Wildman–Crippen LogP) is 2.35. The van der Waals surface area contributed by atoms with E-state index in [0.29, 0.717) is 57.6 Å². The van der Waals surface area contributed by atoms with E-state index < -0.39 is 11.9 Å². The van der Waals surface area contributed by atoms with Gasteiger partial charge in [-0.25, -0.2) is 19.9 Å². The Morgan fingerprint density at radius 1 is 1.31 bits per heavy atom. The van der Waals surface area contributed by atoms with Gasteiger partial charge in [0.2, 0.25) is 5.95 Å². The zero-order valence-corrected chi connectivity index (χ0v) is 18.4. The maximum Gasteiger partial charge on any atom is 0.310 e.